The van der Waals surface area contributed by atoms with Crippen LogP contribution >= 0.6 is 9.12 Å². The number of halogens is 1. The largest absolute Gasteiger partial charge is 0.412 e. The Morgan fingerprint density at radius 3 is 2.46 bits per heavy atom. The maximum Gasteiger partial charge on any atom is 0.412 e. The van der Waals surface area contributed by atoms with Crippen LogP contribution in [0, 0.1) is 0 Å². The molecule has 0 spiro atoms. The van der Waals surface area contributed by atoms with Gasteiger partial charge in [-0.1, -0.05) is 6.92 Å². The summed E-state index contributed by atoms with van der Waals surface area (Å²) in [5, 5.41) is 19.9. The number of rotatable bonds is 5. The predicted octanol–water partition coefficient (Wildman–Crippen LogP) is 0.324. The molecule has 1 amide bonds. The van der Waals surface area contributed by atoms with Crippen molar-refractivity contribution in [1.29, 1.82) is 0 Å². The molecule has 5 nitrogen and oxygen atoms in total. The van der Waals surface area contributed by atoms with Crippen LogP contribution in [0.3, 0.4) is 0 Å². The number of carbonyl (C=O) groups excluding carboxylic acids is 1. The zero-order valence-corrected chi connectivity index (χ0v) is 8.21. The van der Waals surface area contributed by atoms with Crippen molar-refractivity contribution in [1.82, 2.24) is 5.32 Å². The van der Waals surface area contributed by atoms with Crippen molar-refractivity contribution in [3.05, 3.63) is 0 Å². The van der Waals surface area contributed by atoms with E-state index in [0.29, 0.717) is 6.42 Å². The Morgan fingerprint density at radius 1 is 1.62 bits per heavy atom. The lowest BCUT2D eigenvalue weighted by Crippen LogP contribution is -2.53. The van der Waals surface area contributed by atoms with E-state index in [0.717, 1.165) is 0 Å². The molecule has 0 bridgehead atoms. The van der Waals surface area contributed by atoms with Gasteiger partial charge in [-0.3, -0.25) is 0 Å². The van der Waals surface area contributed by atoms with Gasteiger partial charge in [-0.05, 0) is 6.42 Å². The summed E-state index contributed by atoms with van der Waals surface area (Å²) < 4.78 is 15.5. The summed E-state index contributed by atoms with van der Waals surface area (Å²) in [7, 11) is -1.45. The van der Waals surface area contributed by atoms with Crippen molar-refractivity contribution < 1.29 is 23.7 Å². The van der Waals surface area contributed by atoms with Crippen molar-refractivity contribution in [2.24, 2.45) is 0 Å². The Morgan fingerprint density at radius 2 is 2.15 bits per heavy atom. The highest BCUT2D eigenvalue weighted by molar-refractivity contribution is 7.26. The van der Waals surface area contributed by atoms with E-state index in [1.165, 1.54) is 0 Å². The molecule has 0 saturated heterocycles. The van der Waals surface area contributed by atoms with Crippen LogP contribution in [0.25, 0.3) is 0 Å². The SMILES string of the molecule is CCC(CO)(CO)NC(=O)OPF. The van der Waals surface area contributed by atoms with Crippen molar-refractivity contribution in [3.63, 3.8) is 0 Å². The normalized spacial score (nSPS) is 12.0. The Kier molecular flexibility index (Phi) is 5.86. The zero-order valence-electron chi connectivity index (χ0n) is 7.21. The number of aliphatic hydroxyl groups is 2. The van der Waals surface area contributed by atoms with Crippen LogP contribution in [0.1, 0.15) is 13.3 Å². The van der Waals surface area contributed by atoms with E-state index in [4.69, 9.17) is 10.2 Å². The third-order valence-electron chi connectivity index (χ3n) is 1.78. The summed E-state index contributed by atoms with van der Waals surface area (Å²) in [5.41, 5.74) is -1.13. The quantitative estimate of drug-likeness (QED) is 0.575. The van der Waals surface area contributed by atoms with Gasteiger partial charge >= 0.3 is 6.09 Å². The number of aliphatic hydroxyl groups excluding tert-OH is 2. The standard InChI is InChI=1S/C6H13FNO4P/c1-2-6(3-9,4-10)8-5(11)12-13-7/h9-10,13H,2-4H2,1H3,(H,8,11). The lowest BCUT2D eigenvalue weighted by molar-refractivity contribution is 0.0862. The minimum Gasteiger partial charge on any atom is -0.399 e. The molecule has 0 radical (unpaired) electrons. The van der Waals surface area contributed by atoms with E-state index < -0.39 is 34.0 Å². The Bertz CT molecular complexity index is 156. The minimum atomic E-state index is -1.45. The molecule has 0 aliphatic rings. The molecular formula is C6H13FNO4P. The maximum absolute atomic E-state index is 11.6. The average Bonchev–Trinajstić information content (AvgIpc) is 2.15. The average molecular weight is 213 g/mol. The van der Waals surface area contributed by atoms with Gasteiger partial charge in [-0.15, -0.1) is 0 Å². The second-order valence-electron chi connectivity index (χ2n) is 2.54. The second kappa shape index (κ2) is 6.07. The van der Waals surface area contributed by atoms with E-state index in [1.807, 2.05) is 0 Å². The Balaban J connectivity index is 4.16. The van der Waals surface area contributed by atoms with Crippen molar-refractivity contribution >= 4 is 15.2 Å². The maximum atomic E-state index is 11.6. The van der Waals surface area contributed by atoms with Crippen molar-refractivity contribution in [2.75, 3.05) is 13.2 Å². The molecule has 3 N–H and O–H groups in total. The molecule has 0 aliphatic carbocycles. The highest BCUT2D eigenvalue weighted by Gasteiger charge is 2.29. The van der Waals surface area contributed by atoms with Crippen LogP contribution in [0.5, 0.6) is 0 Å². The molecule has 78 valence electrons. The molecule has 0 aromatic rings. The lowest BCUT2D eigenvalue weighted by Gasteiger charge is -2.28. The first-order valence-corrected chi connectivity index (χ1v) is 4.49. The summed E-state index contributed by atoms with van der Waals surface area (Å²) in [6.45, 7) is 0.819. The van der Waals surface area contributed by atoms with Gasteiger partial charge in [-0.2, -0.15) is 4.20 Å². The number of carbonyl (C=O) groups is 1. The molecule has 7 heteroatoms. The van der Waals surface area contributed by atoms with Crippen molar-refractivity contribution in [2.45, 2.75) is 18.9 Å². The first kappa shape index (κ1) is 12.6. The summed E-state index contributed by atoms with van der Waals surface area (Å²) in [6.07, 6.45) is -0.657. The summed E-state index contributed by atoms with van der Waals surface area (Å²) in [5.74, 6) is 0. The summed E-state index contributed by atoms with van der Waals surface area (Å²) >= 11 is 0. The van der Waals surface area contributed by atoms with Gasteiger partial charge in [0.2, 0.25) is 0 Å². The number of hydrogen-bond acceptors (Lipinski definition) is 4. The van der Waals surface area contributed by atoms with E-state index in [-0.39, 0.29) is 0 Å². The van der Waals surface area contributed by atoms with E-state index in [1.54, 1.807) is 6.92 Å². The zero-order chi connectivity index (χ0) is 10.3. The van der Waals surface area contributed by atoms with Gasteiger partial charge in [0, 0.05) is 0 Å². The van der Waals surface area contributed by atoms with Gasteiger partial charge in [0.15, 0.2) is 0 Å². The predicted molar refractivity (Wildman–Crippen MR) is 46.2 cm³/mol. The van der Waals surface area contributed by atoms with Crippen LogP contribution in [0.4, 0.5) is 8.99 Å². The fraction of sp³-hybridized carbons (Fsp3) is 0.833. The molecule has 0 aromatic carbocycles. The third kappa shape index (κ3) is 3.85. The molecule has 13 heavy (non-hydrogen) atoms. The molecule has 0 saturated carbocycles. The van der Waals surface area contributed by atoms with Gasteiger partial charge in [0.1, 0.15) is 0 Å². The minimum absolute atomic E-state index is 0.324. The molecule has 1 atom stereocenters. The molecule has 0 aromatic heterocycles. The highest BCUT2D eigenvalue weighted by atomic mass is 31.1. The van der Waals surface area contributed by atoms with Crippen LogP contribution in [0.2, 0.25) is 0 Å². The number of amides is 1. The van der Waals surface area contributed by atoms with Gasteiger partial charge in [-0.25, -0.2) is 4.79 Å². The first-order valence-electron chi connectivity index (χ1n) is 3.70. The van der Waals surface area contributed by atoms with Gasteiger partial charge in [0.05, 0.1) is 18.8 Å². The first-order chi connectivity index (χ1) is 6.14. The summed E-state index contributed by atoms with van der Waals surface area (Å²) in [4.78, 5) is 10.7. The van der Waals surface area contributed by atoms with E-state index >= 15 is 0 Å². The highest BCUT2D eigenvalue weighted by Crippen LogP contribution is 2.14. The fourth-order valence-electron chi connectivity index (χ4n) is 0.718. The smallest absolute Gasteiger partial charge is 0.399 e. The number of hydrogen-bond donors (Lipinski definition) is 3. The molecule has 0 aliphatic heterocycles. The van der Waals surface area contributed by atoms with Crippen LogP contribution in [-0.4, -0.2) is 35.1 Å². The van der Waals surface area contributed by atoms with E-state index in [2.05, 4.69) is 9.84 Å². The molecule has 1 unspecified atom stereocenters. The lowest BCUT2D eigenvalue weighted by atomic mass is 9.99. The molecule has 0 rings (SSSR count). The van der Waals surface area contributed by atoms with E-state index in [9.17, 15) is 8.99 Å². The monoisotopic (exact) mass is 213 g/mol. The van der Waals surface area contributed by atoms with Gasteiger partial charge < -0.3 is 20.1 Å². The van der Waals surface area contributed by atoms with Crippen LogP contribution in [0.15, 0.2) is 0 Å². The van der Waals surface area contributed by atoms with Gasteiger partial charge in [0.25, 0.3) is 9.12 Å². The summed E-state index contributed by atoms with van der Waals surface area (Å²) in [6, 6.07) is 0. The van der Waals surface area contributed by atoms with Crippen molar-refractivity contribution in [3.8, 4) is 0 Å². The van der Waals surface area contributed by atoms with Crippen LogP contribution in [-0.2, 0) is 4.52 Å². The fourth-order valence-corrected chi connectivity index (χ4v) is 0.839. The third-order valence-corrected chi connectivity index (χ3v) is 2.04. The topological polar surface area (TPSA) is 78.8 Å². The number of nitrogens with one attached hydrogen (secondary N) is 1. The molecule has 0 heterocycles. The molecule has 0 fully saturated rings. The van der Waals surface area contributed by atoms with Crippen LogP contribution < -0.4 is 5.32 Å². The second-order valence-corrected chi connectivity index (χ2v) is 2.90. The Hall–Kier alpha value is -0.450. The Labute approximate surface area is 77.3 Å². The molecular weight excluding hydrogens is 200 g/mol.